The van der Waals surface area contributed by atoms with Gasteiger partial charge in [-0.05, 0) is 26.2 Å². The van der Waals surface area contributed by atoms with Crippen LogP contribution in [0.15, 0.2) is 18.3 Å². The second kappa shape index (κ2) is 5.99. The third-order valence-corrected chi connectivity index (χ3v) is 3.46. The zero-order valence-corrected chi connectivity index (χ0v) is 11.3. The number of pyridine rings is 1. The lowest BCUT2D eigenvalue weighted by molar-refractivity contribution is 0.0877. The van der Waals surface area contributed by atoms with Gasteiger partial charge in [-0.2, -0.15) is 0 Å². The van der Waals surface area contributed by atoms with Crippen molar-refractivity contribution in [2.75, 3.05) is 40.3 Å². The number of amides is 1. The molecule has 0 aliphatic carbocycles. The summed E-state index contributed by atoms with van der Waals surface area (Å²) in [6.45, 7) is 3.61. The van der Waals surface area contributed by atoms with Gasteiger partial charge in [0.2, 0.25) is 0 Å². The summed E-state index contributed by atoms with van der Waals surface area (Å²) in [5.41, 5.74) is 0.324. The molecule has 19 heavy (non-hydrogen) atoms. The fraction of sp³-hybridized carbons (Fsp3) is 0.538. The molecule has 0 radical (unpaired) electrons. The van der Waals surface area contributed by atoms with Gasteiger partial charge < -0.3 is 15.3 Å². The van der Waals surface area contributed by atoms with Gasteiger partial charge >= 0.3 is 0 Å². The van der Waals surface area contributed by atoms with E-state index in [4.69, 9.17) is 5.11 Å². The summed E-state index contributed by atoms with van der Waals surface area (Å²) in [5.74, 6) is -0.146. The monoisotopic (exact) mass is 264 g/mol. The summed E-state index contributed by atoms with van der Waals surface area (Å²) in [6, 6.07) is 3.30. The molecule has 0 unspecified atom stereocenters. The molecule has 0 aromatic carbocycles. The molecule has 1 atom stereocenters. The number of nitrogens with one attached hydrogen (secondary N) is 1. The highest BCUT2D eigenvalue weighted by molar-refractivity contribution is 5.92. The maximum atomic E-state index is 11.9. The van der Waals surface area contributed by atoms with E-state index in [0.717, 1.165) is 19.6 Å². The van der Waals surface area contributed by atoms with Gasteiger partial charge in [-0.3, -0.25) is 9.69 Å². The average molecular weight is 264 g/mol. The standard InChI is InChI=1S/C13H20N4O2/c1-16-5-6-17(2)10(9-16)7-15-13(19)12-4-3-11(18)8-14-12/h3-4,8,10,18H,5-7,9H2,1-2H3,(H,15,19)/t10-/m1/s1. The molecule has 0 spiro atoms. The molecule has 2 N–H and O–H groups in total. The Bertz CT molecular complexity index is 435. The number of carbonyl (C=O) groups excluding carboxylic acids is 1. The number of aromatic nitrogens is 1. The summed E-state index contributed by atoms with van der Waals surface area (Å²) in [7, 11) is 4.16. The number of likely N-dealkylation sites (N-methyl/N-ethyl adjacent to an activating group) is 2. The molecule has 1 amide bonds. The van der Waals surface area contributed by atoms with Gasteiger partial charge in [-0.15, -0.1) is 0 Å². The fourth-order valence-corrected chi connectivity index (χ4v) is 2.14. The minimum atomic E-state index is -0.207. The first-order valence-corrected chi connectivity index (χ1v) is 6.38. The van der Waals surface area contributed by atoms with Crippen molar-refractivity contribution in [2.24, 2.45) is 0 Å². The Labute approximate surface area is 113 Å². The molecule has 6 nitrogen and oxygen atoms in total. The highest BCUT2D eigenvalue weighted by Gasteiger charge is 2.22. The maximum Gasteiger partial charge on any atom is 0.269 e. The largest absolute Gasteiger partial charge is 0.506 e. The number of nitrogens with zero attached hydrogens (tertiary/aromatic N) is 3. The van der Waals surface area contributed by atoms with Crippen LogP contribution in [-0.2, 0) is 0 Å². The molecule has 0 bridgehead atoms. The van der Waals surface area contributed by atoms with Crippen LogP contribution in [0, 0.1) is 0 Å². The molecule has 2 heterocycles. The second-order valence-corrected chi connectivity index (χ2v) is 5.01. The second-order valence-electron chi connectivity index (χ2n) is 5.01. The Morgan fingerprint density at radius 1 is 1.47 bits per heavy atom. The van der Waals surface area contributed by atoms with Crippen LogP contribution >= 0.6 is 0 Å². The predicted octanol–water partition coefficient (Wildman–Crippen LogP) is -0.237. The Hall–Kier alpha value is -1.66. The maximum absolute atomic E-state index is 11.9. The van der Waals surface area contributed by atoms with Crippen molar-refractivity contribution in [3.8, 4) is 5.75 Å². The zero-order chi connectivity index (χ0) is 13.8. The zero-order valence-electron chi connectivity index (χ0n) is 11.3. The van der Waals surface area contributed by atoms with Crippen molar-refractivity contribution in [1.29, 1.82) is 0 Å². The summed E-state index contributed by atoms with van der Waals surface area (Å²) in [4.78, 5) is 20.3. The van der Waals surface area contributed by atoms with E-state index < -0.39 is 0 Å². The van der Waals surface area contributed by atoms with Crippen LogP contribution in [0.2, 0.25) is 0 Å². The molecule has 0 saturated carbocycles. The van der Waals surface area contributed by atoms with Gasteiger partial charge in [0.05, 0.1) is 6.20 Å². The Morgan fingerprint density at radius 2 is 2.26 bits per heavy atom. The Balaban J connectivity index is 1.87. The first kappa shape index (κ1) is 13.8. The number of hydrogen-bond donors (Lipinski definition) is 2. The fourth-order valence-electron chi connectivity index (χ4n) is 2.14. The van der Waals surface area contributed by atoms with Gasteiger partial charge in [-0.25, -0.2) is 4.98 Å². The van der Waals surface area contributed by atoms with Crippen LogP contribution < -0.4 is 5.32 Å². The quantitative estimate of drug-likeness (QED) is 0.789. The third-order valence-electron chi connectivity index (χ3n) is 3.46. The van der Waals surface area contributed by atoms with Crippen LogP contribution in [-0.4, -0.2) is 72.1 Å². The number of piperazine rings is 1. The average Bonchev–Trinajstić information content (AvgIpc) is 2.40. The molecule has 104 valence electrons. The van der Waals surface area contributed by atoms with Crippen LogP contribution in [0.1, 0.15) is 10.5 Å². The molecule has 1 saturated heterocycles. The Morgan fingerprint density at radius 3 is 2.95 bits per heavy atom. The van der Waals surface area contributed by atoms with Crippen LogP contribution in [0.5, 0.6) is 5.75 Å². The smallest absolute Gasteiger partial charge is 0.269 e. The number of rotatable bonds is 3. The van der Waals surface area contributed by atoms with Gasteiger partial charge in [-0.1, -0.05) is 0 Å². The van der Waals surface area contributed by atoms with Gasteiger partial charge in [0.25, 0.3) is 5.91 Å². The molecule has 1 aliphatic heterocycles. The summed E-state index contributed by atoms with van der Waals surface area (Å²) in [6.07, 6.45) is 1.27. The van der Waals surface area contributed by atoms with Gasteiger partial charge in [0.1, 0.15) is 11.4 Å². The lowest BCUT2D eigenvalue weighted by Gasteiger charge is -2.37. The minimum absolute atomic E-state index is 0.0604. The first-order valence-electron chi connectivity index (χ1n) is 6.38. The molecule has 2 rings (SSSR count). The SMILES string of the molecule is CN1CCN(C)[C@H](CNC(=O)c2ccc(O)cn2)C1. The molecule has 1 aromatic heterocycles. The van der Waals surface area contributed by atoms with Gasteiger partial charge in [0, 0.05) is 32.2 Å². The lowest BCUT2D eigenvalue weighted by atomic mass is 10.2. The molecule has 1 fully saturated rings. The van der Waals surface area contributed by atoms with E-state index in [0.29, 0.717) is 18.3 Å². The highest BCUT2D eigenvalue weighted by atomic mass is 16.3. The highest BCUT2D eigenvalue weighted by Crippen LogP contribution is 2.07. The normalized spacial score (nSPS) is 21.3. The van der Waals surface area contributed by atoms with Crippen molar-refractivity contribution in [3.05, 3.63) is 24.0 Å². The number of carbonyl (C=O) groups is 1. The van der Waals surface area contributed by atoms with E-state index >= 15 is 0 Å². The van der Waals surface area contributed by atoms with Crippen LogP contribution in [0.3, 0.4) is 0 Å². The van der Waals surface area contributed by atoms with Crippen molar-refractivity contribution in [3.63, 3.8) is 0 Å². The predicted molar refractivity (Wildman–Crippen MR) is 72.2 cm³/mol. The summed E-state index contributed by atoms with van der Waals surface area (Å²) in [5, 5.41) is 12.0. The van der Waals surface area contributed by atoms with Gasteiger partial charge in [0.15, 0.2) is 0 Å². The van der Waals surface area contributed by atoms with Crippen molar-refractivity contribution in [2.45, 2.75) is 6.04 Å². The van der Waals surface area contributed by atoms with E-state index in [9.17, 15) is 4.79 Å². The van der Waals surface area contributed by atoms with E-state index in [1.54, 1.807) is 0 Å². The van der Waals surface area contributed by atoms with E-state index in [1.165, 1.54) is 18.3 Å². The molecular weight excluding hydrogens is 244 g/mol. The molecular formula is C13H20N4O2. The van der Waals surface area contributed by atoms with E-state index in [2.05, 4.69) is 34.2 Å². The van der Waals surface area contributed by atoms with Crippen molar-refractivity contribution >= 4 is 5.91 Å². The number of aromatic hydroxyl groups is 1. The van der Waals surface area contributed by atoms with Crippen molar-refractivity contribution in [1.82, 2.24) is 20.1 Å². The minimum Gasteiger partial charge on any atom is -0.506 e. The van der Waals surface area contributed by atoms with Crippen LogP contribution in [0.4, 0.5) is 0 Å². The van der Waals surface area contributed by atoms with E-state index in [1.807, 2.05) is 0 Å². The van der Waals surface area contributed by atoms with E-state index in [-0.39, 0.29) is 11.7 Å². The molecule has 1 aliphatic rings. The Kier molecular flexibility index (Phi) is 4.34. The lowest BCUT2D eigenvalue weighted by Crippen LogP contribution is -2.54. The topological polar surface area (TPSA) is 68.7 Å². The van der Waals surface area contributed by atoms with Crippen molar-refractivity contribution < 1.29 is 9.90 Å². The summed E-state index contributed by atoms with van der Waals surface area (Å²) >= 11 is 0. The third kappa shape index (κ3) is 3.65. The number of hydrogen-bond acceptors (Lipinski definition) is 5. The first-order chi connectivity index (χ1) is 9.06. The molecule has 6 heteroatoms. The summed E-state index contributed by atoms with van der Waals surface area (Å²) < 4.78 is 0. The van der Waals surface area contributed by atoms with Crippen LogP contribution in [0.25, 0.3) is 0 Å². The molecule has 1 aromatic rings.